The highest BCUT2D eigenvalue weighted by Crippen LogP contribution is 2.29. The minimum atomic E-state index is 0.518. The van der Waals surface area contributed by atoms with Gasteiger partial charge in [-0.3, -0.25) is 4.79 Å². The third-order valence-electron chi connectivity index (χ3n) is 1.92. The third kappa shape index (κ3) is 1.24. The molecule has 2 aromatic rings. The first-order valence-electron chi connectivity index (χ1n) is 3.93. The zero-order chi connectivity index (χ0) is 10.1. The Labute approximate surface area is 84.4 Å². The topological polar surface area (TPSA) is 66.9 Å². The number of nitrogens with zero attached hydrogens (tertiary/aromatic N) is 1. The van der Waals surface area contributed by atoms with Crippen LogP contribution in [-0.4, -0.2) is 6.29 Å². The molecule has 68 valence electrons. The summed E-state index contributed by atoms with van der Waals surface area (Å²) < 4.78 is 0.878. The van der Waals surface area contributed by atoms with E-state index in [9.17, 15) is 4.79 Å². The molecule has 4 heteroatoms. The van der Waals surface area contributed by atoms with Gasteiger partial charge in [0.15, 0.2) is 6.29 Å². The first kappa shape index (κ1) is 8.73. The van der Waals surface area contributed by atoms with Crippen molar-refractivity contribution < 1.29 is 4.79 Å². The number of hydrogen-bond donors (Lipinski definition) is 1. The molecule has 1 aromatic carbocycles. The number of aldehydes is 1. The summed E-state index contributed by atoms with van der Waals surface area (Å²) in [5.74, 6) is 0. The van der Waals surface area contributed by atoms with E-state index in [2.05, 4.69) is 6.07 Å². The SMILES string of the molecule is N#Cc1cc(N)cc2sc(C=O)cc12. The fourth-order valence-electron chi connectivity index (χ4n) is 1.33. The van der Waals surface area contributed by atoms with E-state index >= 15 is 0 Å². The Balaban J connectivity index is 2.86. The quantitative estimate of drug-likeness (QED) is 0.569. The number of nitrogen functional groups attached to an aromatic ring is 1. The zero-order valence-electron chi connectivity index (χ0n) is 7.15. The van der Waals surface area contributed by atoms with Crippen LogP contribution in [0.1, 0.15) is 15.2 Å². The Morgan fingerprint density at radius 1 is 1.43 bits per heavy atom. The van der Waals surface area contributed by atoms with Crippen LogP contribution in [0.4, 0.5) is 5.69 Å². The molecule has 3 nitrogen and oxygen atoms in total. The van der Waals surface area contributed by atoms with Crippen molar-refractivity contribution in [3.05, 3.63) is 28.6 Å². The predicted molar refractivity (Wildman–Crippen MR) is 56.3 cm³/mol. The van der Waals surface area contributed by atoms with Gasteiger partial charge in [-0.15, -0.1) is 11.3 Å². The maximum absolute atomic E-state index is 10.6. The molecule has 0 aliphatic heterocycles. The Bertz CT molecular complexity index is 551. The Morgan fingerprint density at radius 2 is 2.21 bits per heavy atom. The monoisotopic (exact) mass is 202 g/mol. The summed E-state index contributed by atoms with van der Waals surface area (Å²) in [6.45, 7) is 0. The number of nitriles is 1. The van der Waals surface area contributed by atoms with Gasteiger partial charge in [-0.1, -0.05) is 0 Å². The van der Waals surface area contributed by atoms with Gasteiger partial charge < -0.3 is 5.73 Å². The van der Waals surface area contributed by atoms with Gasteiger partial charge in [-0.25, -0.2) is 0 Å². The van der Waals surface area contributed by atoms with Crippen molar-refractivity contribution in [1.82, 2.24) is 0 Å². The molecule has 2 rings (SSSR count). The number of carbonyl (C=O) groups excluding carboxylic acids is 1. The minimum absolute atomic E-state index is 0.518. The molecule has 1 aromatic heterocycles. The third-order valence-corrected chi connectivity index (χ3v) is 2.92. The van der Waals surface area contributed by atoms with Crippen LogP contribution < -0.4 is 5.73 Å². The second-order valence-electron chi connectivity index (χ2n) is 2.86. The number of thiophene rings is 1. The zero-order valence-corrected chi connectivity index (χ0v) is 7.97. The van der Waals surface area contributed by atoms with Crippen molar-refractivity contribution >= 4 is 33.4 Å². The molecule has 14 heavy (non-hydrogen) atoms. The molecular weight excluding hydrogens is 196 g/mol. The Morgan fingerprint density at radius 3 is 2.86 bits per heavy atom. The average molecular weight is 202 g/mol. The highest BCUT2D eigenvalue weighted by Gasteiger charge is 2.06. The minimum Gasteiger partial charge on any atom is -0.399 e. The highest BCUT2D eigenvalue weighted by atomic mass is 32.1. The lowest BCUT2D eigenvalue weighted by atomic mass is 10.1. The van der Waals surface area contributed by atoms with Crippen LogP contribution in [0, 0.1) is 11.3 Å². The highest BCUT2D eigenvalue weighted by molar-refractivity contribution is 7.20. The largest absolute Gasteiger partial charge is 0.399 e. The van der Waals surface area contributed by atoms with E-state index in [1.165, 1.54) is 11.3 Å². The second kappa shape index (κ2) is 3.13. The van der Waals surface area contributed by atoms with E-state index < -0.39 is 0 Å². The number of rotatable bonds is 1. The fourth-order valence-corrected chi connectivity index (χ4v) is 2.28. The Kier molecular flexibility index (Phi) is 1.95. The van der Waals surface area contributed by atoms with Crippen molar-refractivity contribution in [2.75, 3.05) is 5.73 Å². The van der Waals surface area contributed by atoms with Gasteiger partial charge >= 0.3 is 0 Å². The summed E-state index contributed by atoms with van der Waals surface area (Å²) in [7, 11) is 0. The van der Waals surface area contributed by atoms with Crippen LogP contribution >= 0.6 is 11.3 Å². The molecule has 1 heterocycles. The summed E-state index contributed by atoms with van der Waals surface area (Å²) in [4.78, 5) is 11.2. The number of carbonyl (C=O) groups is 1. The van der Waals surface area contributed by atoms with Crippen LogP contribution in [0.3, 0.4) is 0 Å². The molecule has 2 N–H and O–H groups in total. The van der Waals surface area contributed by atoms with E-state index in [0.717, 1.165) is 16.4 Å². The summed E-state index contributed by atoms with van der Waals surface area (Å²) in [5, 5.41) is 9.65. The lowest BCUT2D eigenvalue weighted by Gasteiger charge is -1.95. The smallest absolute Gasteiger partial charge is 0.160 e. The van der Waals surface area contributed by atoms with Crippen molar-refractivity contribution in [1.29, 1.82) is 5.26 Å². The standard InChI is InChI=1S/C10H6N2OS/c11-4-6-1-7(12)2-10-9(6)3-8(5-13)14-10/h1-3,5H,12H2. The summed E-state index contributed by atoms with van der Waals surface area (Å²) in [6, 6.07) is 7.16. The first-order valence-corrected chi connectivity index (χ1v) is 4.74. The van der Waals surface area contributed by atoms with Crippen molar-refractivity contribution in [3.8, 4) is 6.07 Å². The van der Waals surface area contributed by atoms with Crippen molar-refractivity contribution in [2.24, 2.45) is 0 Å². The van der Waals surface area contributed by atoms with Gasteiger partial charge in [-0.05, 0) is 18.2 Å². The number of hydrogen-bond acceptors (Lipinski definition) is 4. The maximum atomic E-state index is 10.6. The number of fused-ring (bicyclic) bond motifs is 1. The van der Waals surface area contributed by atoms with Crippen molar-refractivity contribution in [3.63, 3.8) is 0 Å². The number of nitrogens with two attached hydrogens (primary N) is 1. The summed E-state index contributed by atoms with van der Waals surface area (Å²) in [6.07, 6.45) is 0.780. The van der Waals surface area contributed by atoms with Gasteiger partial charge in [0.2, 0.25) is 0 Å². The van der Waals surface area contributed by atoms with Gasteiger partial charge in [0.05, 0.1) is 16.5 Å². The molecule has 0 unspecified atom stereocenters. The van der Waals surface area contributed by atoms with Crippen LogP contribution in [-0.2, 0) is 0 Å². The molecule has 0 radical (unpaired) electrons. The molecule has 0 spiro atoms. The average Bonchev–Trinajstić information content (AvgIpc) is 2.59. The molecule has 0 aliphatic rings. The number of anilines is 1. The molecular formula is C10H6N2OS. The van der Waals surface area contributed by atoms with E-state index in [1.54, 1.807) is 18.2 Å². The number of benzene rings is 1. The van der Waals surface area contributed by atoms with E-state index in [-0.39, 0.29) is 0 Å². The lowest BCUT2D eigenvalue weighted by molar-refractivity contribution is 0.112. The van der Waals surface area contributed by atoms with Crippen molar-refractivity contribution in [2.45, 2.75) is 0 Å². The van der Waals surface area contributed by atoms with Gasteiger partial charge in [-0.2, -0.15) is 5.26 Å². The van der Waals surface area contributed by atoms with Crippen LogP contribution in [0.15, 0.2) is 18.2 Å². The molecule has 0 saturated carbocycles. The van der Waals surface area contributed by atoms with Gasteiger partial charge in [0.25, 0.3) is 0 Å². The normalized spacial score (nSPS) is 9.93. The molecule has 0 aliphatic carbocycles. The Hall–Kier alpha value is -1.86. The van der Waals surface area contributed by atoms with Crippen LogP contribution in [0.25, 0.3) is 10.1 Å². The molecule has 0 fully saturated rings. The predicted octanol–water partition coefficient (Wildman–Crippen LogP) is 2.17. The second-order valence-corrected chi connectivity index (χ2v) is 3.97. The first-order chi connectivity index (χ1) is 6.74. The van der Waals surface area contributed by atoms with E-state index in [1.807, 2.05) is 0 Å². The van der Waals surface area contributed by atoms with Gasteiger partial charge in [0.1, 0.15) is 0 Å². The van der Waals surface area contributed by atoms with E-state index in [0.29, 0.717) is 16.1 Å². The summed E-state index contributed by atoms with van der Waals surface area (Å²) >= 11 is 1.34. The molecule has 0 atom stereocenters. The van der Waals surface area contributed by atoms with E-state index in [4.69, 9.17) is 11.0 Å². The maximum Gasteiger partial charge on any atom is 0.160 e. The van der Waals surface area contributed by atoms with Crippen LogP contribution in [0.5, 0.6) is 0 Å². The lowest BCUT2D eigenvalue weighted by Crippen LogP contribution is -1.85. The molecule has 0 saturated heterocycles. The van der Waals surface area contributed by atoms with Crippen LogP contribution in [0.2, 0.25) is 0 Å². The molecule has 0 bridgehead atoms. The van der Waals surface area contributed by atoms with Gasteiger partial charge in [0, 0.05) is 15.8 Å². The molecule has 0 amide bonds. The fraction of sp³-hybridized carbons (Fsp3) is 0. The summed E-state index contributed by atoms with van der Waals surface area (Å²) in [5.41, 5.74) is 6.69.